The van der Waals surface area contributed by atoms with Gasteiger partial charge in [-0.1, -0.05) is 26.8 Å². The van der Waals surface area contributed by atoms with Gasteiger partial charge < -0.3 is 19.9 Å². The molecule has 0 radical (unpaired) electrons. The lowest BCUT2D eigenvalue weighted by Gasteiger charge is -2.39. The van der Waals surface area contributed by atoms with E-state index in [4.69, 9.17) is 24.9 Å². The van der Waals surface area contributed by atoms with Gasteiger partial charge in [-0.05, 0) is 41.3 Å². The van der Waals surface area contributed by atoms with Crippen LogP contribution in [0.5, 0.6) is 17.4 Å². The number of fused-ring (bicyclic) bond motifs is 4. The van der Waals surface area contributed by atoms with Crippen molar-refractivity contribution in [1.29, 1.82) is 0 Å². The first kappa shape index (κ1) is 21.2. The Kier molecular flexibility index (Phi) is 4.96. The first-order valence-corrected chi connectivity index (χ1v) is 10.8. The van der Waals surface area contributed by atoms with E-state index in [0.717, 1.165) is 11.1 Å². The van der Waals surface area contributed by atoms with Gasteiger partial charge in [0.1, 0.15) is 17.0 Å². The summed E-state index contributed by atoms with van der Waals surface area (Å²) in [7, 11) is 0. The summed E-state index contributed by atoms with van der Waals surface area (Å²) in [6.07, 6.45) is 3.59. The summed E-state index contributed by atoms with van der Waals surface area (Å²) in [5.41, 5.74) is 7.69. The van der Waals surface area contributed by atoms with Crippen LogP contribution < -0.4 is 15.2 Å². The maximum Gasteiger partial charge on any atom is 0.283 e. The lowest BCUT2D eigenvalue weighted by molar-refractivity contribution is 0.194. The molecule has 1 spiro atoms. The summed E-state index contributed by atoms with van der Waals surface area (Å²) in [5.74, 6) is 1.09. The molecule has 2 aliphatic rings. The molecule has 0 fully saturated rings. The number of ether oxygens (including phenoxy) is 3. The first-order chi connectivity index (χ1) is 15.7. The van der Waals surface area contributed by atoms with Crippen molar-refractivity contribution in [1.82, 2.24) is 9.97 Å². The Balaban J connectivity index is 1.66. The van der Waals surface area contributed by atoms with Crippen molar-refractivity contribution in [3.05, 3.63) is 65.9 Å². The predicted molar refractivity (Wildman–Crippen MR) is 122 cm³/mol. The molecule has 2 aromatic heterocycles. The van der Waals surface area contributed by atoms with E-state index in [-0.39, 0.29) is 11.4 Å². The SMILES string of the molecule is CC(C)(C)COc1cnc2c(c1)C1(CCOC(N)=N1)c1cc(-c3cccnc3F)ccc1O2. The smallest absolute Gasteiger partial charge is 0.283 e. The molecule has 5 rings (SSSR count). The molecule has 1 atom stereocenters. The van der Waals surface area contributed by atoms with Crippen LogP contribution in [0.1, 0.15) is 38.3 Å². The molecule has 8 heteroatoms. The maximum atomic E-state index is 14.4. The second-order valence-electron chi connectivity index (χ2n) is 9.44. The van der Waals surface area contributed by atoms with Gasteiger partial charge in [-0.15, -0.1) is 0 Å². The average Bonchev–Trinajstić information content (AvgIpc) is 2.78. The van der Waals surface area contributed by atoms with Gasteiger partial charge in [0.15, 0.2) is 0 Å². The number of rotatable bonds is 3. The van der Waals surface area contributed by atoms with E-state index in [9.17, 15) is 4.39 Å². The summed E-state index contributed by atoms with van der Waals surface area (Å²) in [5, 5.41) is 0. The number of benzene rings is 1. The van der Waals surface area contributed by atoms with E-state index < -0.39 is 11.5 Å². The summed E-state index contributed by atoms with van der Waals surface area (Å²) in [6.45, 7) is 7.19. The van der Waals surface area contributed by atoms with Gasteiger partial charge in [0.25, 0.3) is 6.02 Å². The summed E-state index contributed by atoms with van der Waals surface area (Å²) in [6, 6.07) is 10.8. The molecule has 0 amide bonds. The highest BCUT2D eigenvalue weighted by Gasteiger charge is 2.46. The van der Waals surface area contributed by atoms with Crippen LogP contribution >= 0.6 is 0 Å². The number of aromatic nitrogens is 2. The Morgan fingerprint density at radius 2 is 2.00 bits per heavy atom. The number of amidine groups is 1. The Morgan fingerprint density at radius 1 is 1.15 bits per heavy atom. The van der Waals surface area contributed by atoms with Gasteiger partial charge in [-0.2, -0.15) is 4.39 Å². The minimum atomic E-state index is -0.895. The highest BCUT2D eigenvalue weighted by molar-refractivity contribution is 5.76. The molecule has 2 N–H and O–H groups in total. The van der Waals surface area contributed by atoms with Crippen LogP contribution in [-0.2, 0) is 10.3 Å². The number of hydrogen-bond acceptors (Lipinski definition) is 7. The molecule has 170 valence electrons. The Morgan fingerprint density at radius 3 is 2.76 bits per heavy atom. The molecule has 33 heavy (non-hydrogen) atoms. The monoisotopic (exact) mass is 448 g/mol. The van der Waals surface area contributed by atoms with Gasteiger partial charge in [0.05, 0.1) is 25.0 Å². The topological polar surface area (TPSA) is 91.9 Å². The fourth-order valence-corrected chi connectivity index (χ4v) is 4.12. The van der Waals surface area contributed by atoms with Crippen LogP contribution in [0.4, 0.5) is 4.39 Å². The zero-order valence-corrected chi connectivity index (χ0v) is 18.8. The highest BCUT2D eigenvalue weighted by Crippen LogP contribution is 2.52. The van der Waals surface area contributed by atoms with E-state index >= 15 is 0 Å². The fourth-order valence-electron chi connectivity index (χ4n) is 4.12. The zero-order chi connectivity index (χ0) is 23.2. The number of halogens is 1. The Labute approximate surface area is 191 Å². The minimum absolute atomic E-state index is 0.0133. The van der Waals surface area contributed by atoms with Crippen LogP contribution in [0.3, 0.4) is 0 Å². The second-order valence-corrected chi connectivity index (χ2v) is 9.44. The number of hydrogen-bond donors (Lipinski definition) is 1. The van der Waals surface area contributed by atoms with Crippen molar-refractivity contribution in [2.45, 2.75) is 32.7 Å². The molecule has 0 aliphatic carbocycles. The van der Waals surface area contributed by atoms with Crippen LogP contribution in [-0.4, -0.2) is 29.2 Å². The Bertz CT molecular complexity index is 1250. The molecule has 4 heterocycles. The number of nitrogens with two attached hydrogens (primary N) is 1. The van der Waals surface area contributed by atoms with Gasteiger partial charge in [-0.3, -0.25) is 0 Å². The lowest BCUT2D eigenvalue weighted by Crippen LogP contribution is -2.38. The van der Waals surface area contributed by atoms with Gasteiger partial charge in [0.2, 0.25) is 11.8 Å². The maximum absolute atomic E-state index is 14.4. The van der Waals surface area contributed by atoms with E-state index in [0.29, 0.717) is 48.1 Å². The second kappa shape index (κ2) is 7.72. The van der Waals surface area contributed by atoms with Crippen molar-refractivity contribution in [3.63, 3.8) is 0 Å². The van der Waals surface area contributed by atoms with Crippen molar-refractivity contribution >= 4 is 6.02 Å². The normalized spacial score (nSPS) is 19.1. The average molecular weight is 448 g/mol. The summed E-state index contributed by atoms with van der Waals surface area (Å²) < 4.78 is 32.0. The van der Waals surface area contributed by atoms with Crippen molar-refractivity contribution in [2.24, 2.45) is 16.1 Å². The fraction of sp³-hybridized carbons (Fsp3) is 0.320. The molecule has 0 saturated heterocycles. The lowest BCUT2D eigenvalue weighted by atomic mass is 9.78. The minimum Gasteiger partial charge on any atom is -0.491 e. The van der Waals surface area contributed by atoms with Crippen LogP contribution in [0.15, 0.2) is 53.8 Å². The molecular formula is C25H25FN4O3. The molecule has 1 aromatic carbocycles. The third-order valence-electron chi connectivity index (χ3n) is 5.66. The Hall–Kier alpha value is -3.68. The number of nitrogens with zero attached hydrogens (tertiary/aromatic N) is 3. The quantitative estimate of drug-likeness (QED) is 0.579. The number of pyridine rings is 2. The first-order valence-electron chi connectivity index (χ1n) is 10.8. The zero-order valence-electron chi connectivity index (χ0n) is 18.8. The standard InChI is InChI=1S/C25H25FN4O3/c1-24(2,3)14-32-16-12-19-22(29-13-16)33-20-7-6-15(17-5-4-9-28-21(17)26)11-18(20)25(19)8-10-31-23(27)30-25/h4-7,9,11-13H,8,10,14H2,1-3H3,(H2,27,30). The molecule has 7 nitrogen and oxygen atoms in total. The van der Waals surface area contributed by atoms with E-state index in [1.807, 2.05) is 12.1 Å². The van der Waals surface area contributed by atoms with E-state index in [1.54, 1.807) is 30.5 Å². The third kappa shape index (κ3) is 3.86. The molecular weight excluding hydrogens is 423 g/mol. The van der Waals surface area contributed by atoms with Crippen LogP contribution in [0.2, 0.25) is 0 Å². The van der Waals surface area contributed by atoms with Gasteiger partial charge in [-0.25, -0.2) is 15.0 Å². The van der Waals surface area contributed by atoms with Crippen molar-refractivity contribution in [2.75, 3.05) is 13.2 Å². The summed E-state index contributed by atoms with van der Waals surface area (Å²) in [4.78, 5) is 13.0. The third-order valence-corrected chi connectivity index (χ3v) is 5.66. The predicted octanol–water partition coefficient (Wildman–Crippen LogP) is 4.79. The molecule has 3 aromatic rings. The number of aliphatic imine (C=N–C) groups is 1. The highest BCUT2D eigenvalue weighted by atomic mass is 19.1. The van der Waals surface area contributed by atoms with E-state index in [1.165, 1.54) is 6.20 Å². The van der Waals surface area contributed by atoms with E-state index in [2.05, 4.69) is 30.7 Å². The molecule has 0 saturated carbocycles. The van der Waals surface area contributed by atoms with Crippen LogP contribution in [0, 0.1) is 11.4 Å². The van der Waals surface area contributed by atoms with Crippen LogP contribution in [0.25, 0.3) is 11.1 Å². The van der Waals surface area contributed by atoms with Gasteiger partial charge >= 0.3 is 0 Å². The van der Waals surface area contributed by atoms with Gasteiger partial charge in [0, 0.05) is 23.7 Å². The molecule has 1 unspecified atom stereocenters. The summed E-state index contributed by atoms with van der Waals surface area (Å²) >= 11 is 0. The van der Waals surface area contributed by atoms with Crippen molar-refractivity contribution in [3.8, 4) is 28.5 Å². The largest absolute Gasteiger partial charge is 0.491 e. The van der Waals surface area contributed by atoms with Crippen molar-refractivity contribution < 1.29 is 18.6 Å². The molecule has 2 aliphatic heterocycles. The molecule has 0 bridgehead atoms.